The number of amides is 1. The van der Waals surface area contributed by atoms with Crippen LogP contribution in [0.4, 0.5) is 0 Å². The second kappa shape index (κ2) is 8.30. The van der Waals surface area contributed by atoms with Crippen molar-refractivity contribution in [3.63, 3.8) is 0 Å². The molecular weight excluding hydrogens is 310 g/mol. The van der Waals surface area contributed by atoms with E-state index >= 15 is 0 Å². The first-order valence-corrected chi connectivity index (χ1v) is 8.49. The van der Waals surface area contributed by atoms with Gasteiger partial charge in [-0.2, -0.15) is 0 Å². The molecule has 0 aromatic carbocycles. The van der Waals surface area contributed by atoms with E-state index in [4.69, 9.17) is 9.47 Å². The molecule has 0 atom stereocenters. The highest BCUT2D eigenvalue weighted by Crippen LogP contribution is 2.21. The molecule has 134 valence electrons. The zero-order valence-corrected chi connectivity index (χ0v) is 15.0. The number of carbonyl (C=O) groups excluding carboxylic acids is 2. The van der Waals surface area contributed by atoms with Crippen LogP contribution >= 0.6 is 0 Å². The monoisotopic (exact) mass is 338 g/mol. The van der Waals surface area contributed by atoms with Gasteiger partial charge in [0.15, 0.2) is 0 Å². The molecule has 2 rings (SSSR count). The predicted octanol–water partition coefficient (Wildman–Crippen LogP) is -0.536. The van der Waals surface area contributed by atoms with Gasteiger partial charge in [0.25, 0.3) is 5.91 Å². The molecule has 0 aliphatic carbocycles. The molecule has 1 fully saturated rings. The number of carbonyl (C=O) groups is 2. The standard InChI is InChI=1S/C17H27N3O4/c1-5-24-17(22)15-12(2)14(13(3)19(15)4)16(21)18-6-7-20-8-10-23-11-9-20/h5-11H2,1-4H3,(H,18,21)/p+1. The van der Waals surface area contributed by atoms with Crippen LogP contribution in [-0.2, 0) is 16.5 Å². The number of aromatic nitrogens is 1. The minimum Gasteiger partial charge on any atom is -0.461 e. The lowest BCUT2D eigenvalue weighted by Crippen LogP contribution is -3.14. The van der Waals surface area contributed by atoms with Crippen LogP contribution < -0.4 is 10.2 Å². The van der Waals surface area contributed by atoms with Crippen molar-refractivity contribution >= 4 is 11.9 Å². The van der Waals surface area contributed by atoms with E-state index in [-0.39, 0.29) is 5.91 Å². The Morgan fingerprint density at radius 3 is 2.58 bits per heavy atom. The number of quaternary nitrogens is 1. The van der Waals surface area contributed by atoms with Gasteiger partial charge in [0.1, 0.15) is 18.8 Å². The second-order valence-electron chi connectivity index (χ2n) is 6.08. The van der Waals surface area contributed by atoms with Crippen LogP contribution in [0.15, 0.2) is 0 Å². The summed E-state index contributed by atoms with van der Waals surface area (Å²) < 4.78 is 12.2. The molecule has 1 aromatic rings. The third-order valence-electron chi connectivity index (χ3n) is 4.59. The Hall–Kier alpha value is -1.86. The highest BCUT2D eigenvalue weighted by molar-refractivity contribution is 6.01. The molecule has 0 bridgehead atoms. The Morgan fingerprint density at radius 1 is 1.29 bits per heavy atom. The molecule has 2 heterocycles. The number of hydrogen-bond acceptors (Lipinski definition) is 4. The van der Waals surface area contributed by atoms with Crippen LogP contribution in [-0.4, -0.2) is 62.4 Å². The van der Waals surface area contributed by atoms with Crippen molar-refractivity contribution in [2.24, 2.45) is 7.05 Å². The van der Waals surface area contributed by atoms with Gasteiger partial charge in [-0.3, -0.25) is 4.79 Å². The average molecular weight is 338 g/mol. The number of rotatable bonds is 6. The van der Waals surface area contributed by atoms with E-state index in [2.05, 4.69) is 5.32 Å². The van der Waals surface area contributed by atoms with Gasteiger partial charge in [-0.05, 0) is 26.3 Å². The first kappa shape index (κ1) is 18.5. The van der Waals surface area contributed by atoms with Gasteiger partial charge < -0.3 is 24.3 Å². The van der Waals surface area contributed by atoms with E-state index in [0.29, 0.717) is 30.0 Å². The Morgan fingerprint density at radius 2 is 1.96 bits per heavy atom. The third-order valence-corrected chi connectivity index (χ3v) is 4.59. The van der Waals surface area contributed by atoms with Crippen molar-refractivity contribution in [2.75, 3.05) is 46.0 Å². The highest BCUT2D eigenvalue weighted by Gasteiger charge is 2.25. The van der Waals surface area contributed by atoms with Crippen LogP contribution in [0.5, 0.6) is 0 Å². The summed E-state index contributed by atoms with van der Waals surface area (Å²) in [7, 11) is 1.78. The fraction of sp³-hybridized carbons (Fsp3) is 0.647. The van der Waals surface area contributed by atoms with Crippen molar-refractivity contribution in [3.05, 3.63) is 22.5 Å². The fourth-order valence-corrected chi connectivity index (χ4v) is 3.15. The summed E-state index contributed by atoms with van der Waals surface area (Å²) >= 11 is 0. The van der Waals surface area contributed by atoms with Crippen molar-refractivity contribution in [2.45, 2.75) is 20.8 Å². The maximum Gasteiger partial charge on any atom is 0.355 e. The number of morpholine rings is 1. The van der Waals surface area contributed by atoms with Crippen LogP contribution in [0, 0.1) is 13.8 Å². The Bertz CT molecular complexity index is 603. The molecule has 0 unspecified atom stereocenters. The zero-order chi connectivity index (χ0) is 17.7. The summed E-state index contributed by atoms with van der Waals surface area (Å²) in [5.74, 6) is -0.527. The smallest absolute Gasteiger partial charge is 0.355 e. The van der Waals surface area contributed by atoms with Crippen LogP contribution in [0.25, 0.3) is 0 Å². The van der Waals surface area contributed by atoms with Crippen molar-refractivity contribution < 1.29 is 24.0 Å². The molecule has 24 heavy (non-hydrogen) atoms. The molecule has 1 aliphatic rings. The van der Waals surface area contributed by atoms with E-state index in [0.717, 1.165) is 38.5 Å². The summed E-state index contributed by atoms with van der Waals surface area (Å²) in [6, 6.07) is 0. The van der Waals surface area contributed by atoms with Gasteiger partial charge in [-0.1, -0.05) is 0 Å². The van der Waals surface area contributed by atoms with Gasteiger partial charge in [0.05, 0.1) is 38.5 Å². The lowest BCUT2D eigenvalue weighted by molar-refractivity contribution is -0.906. The lowest BCUT2D eigenvalue weighted by Gasteiger charge is -2.23. The Balaban J connectivity index is 2.03. The average Bonchev–Trinajstić information content (AvgIpc) is 2.78. The largest absolute Gasteiger partial charge is 0.461 e. The molecule has 0 saturated carbocycles. The number of nitrogens with zero attached hydrogens (tertiary/aromatic N) is 1. The van der Waals surface area contributed by atoms with Crippen molar-refractivity contribution in [1.29, 1.82) is 0 Å². The molecule has 7 heteroatoms. The Kier molecular flexibility index (Phi) is 6.39. The summed E-state index contributed by atoms with van der Waals surface area (Å²) in [4.78, 5) is 26.1. The van der Waals surface area contributed by atoms with Gasteiger partial charge >= 0.3 is 5.97 Å². The molecule has 1 amide bonds. The van der Waals surface area contributed by atoms with E-state index in [1.54, 1.807) is 25.5 Å². The third kappa shape index (κ3) is 3.96. The van der Waals surface area contributed by atoms with Gasteiger partial charge in [0, 0.05) is 12.7 Å². The Labute approximate surface area is 142 Å². The maximum absolute atomic E-state index is 12.6. The predicted molar refractivity (Wildman–Crippen MR) is 89.6 cm³/mol. The SMILES string of the molecule is CCOC(=O)c1c(C)c(C(=O)NCC[NH+]2CCOCC2)c(C)n1C. The topological polar surface area (TPSA) is 74.0 Å². The molecule has 1 saturated heterocycles. The minimum absolute atomic E-state index is 0.135. The van der Waals surface area contributed by atoms with Gasteiger partial charge in [-0.15, -0.1) is 0 Å². The zero-order valence-electron chi connectivity index (χ0n) is 15.0. The molecule has 7 nitrogen and oxygen atoms in total. The number of nitrogens with one attached hydrogen (secondary N) is 2. The van der Waals surface area contributed by atoms with E-state index < -0.39 is 5.97 Å². The molecule has 1 aliphatic heterocycles. The summed E-state index contributed by atoms with van der Waals surface area (Å²) in [5.41, 5.74) is 2.45. The molecule has 0 radical (unpaired) electrons. The van der Waals surface area contributed by atoms with Gasteiger partial charge in [0.2, 0.25) is 0 Å². The molecule has 1 aromatic heterocycles. The number of esters is 1. The molecule has 0 spiro atoms. The van der Waals surface area contributed by atoms with E-state index in [1.807, 2.05) is 6.92 Å². The van der Waals surface area contributed by atoms with Crippen LogP contribution in [0.1, 0.15) is 39.0 Å². The highest BCUT2D eigenvalue weighted by atomic mass is 16.5. The van der Waals surface area contributed by atoms with Crippen molar-refractivity contribution in [3.8, 4) is 0 Å². The summed E-state index contributed by atoms with van der Waals surface area (Å²) in [6.45, 7) is 10.7. The first-order valence-electron chi connectivity index (χ1n) is 8.49. The fourth-order valence-electron chi connectivity index (χ4n) is 3.15. The van der Waals surface area contributed by atoms with E-state index in [9.17, 15) is 9.59 Å². The molecular formula is C17H28N3O4+. The summed E-state index contributed by atoms with van der Waals surface area (Å²) in [6.07, 6.45) is 0. The first-order chi connectivity index (χ1) is 11.5. The molecule has 2 N–H and O–H groups in total. The van der Waals surface area contributed by atoms with E-state index in [1.165, 1.54) is 4.90 Å². The quantitative estimate of drug-likeness (QED) is 0.684. The second-order valence-corrected chi connectivity index (χ2v) is 6.08. The minimum atomic E-state index is -0.391. The number of ether oxygens (including phenoxy) is 2. The normalized spacial score (nSPS) is 15.3. The van der Waals surface area contributed by atoms with Crippen molar-refractivity contribution in [1.82, 2.24) is 9.88 Å². The van der Waals surface area contributed by atoms with Gasteiger partial charge in [-0.25, -0.2) is 4.79 Å². The van der Waals surface area contributed by atoms with Crippen LogP contribution in [0.3, 0.4) is 0 Å². The lowest BCUT2D eigenvalue weighted by atomic mass is 10.1. The van der Waals surface area contributed by atoms with Crippen LogP contribution in [0.2, 0.25) is 0 Å². The summed E-state index contributed by atoms with van der Waals surface area (Å²) in [5, 5.41) is 2.97. The number of hydrogen-bond donors (Lipinski definition) is 2. The maximum atomic E-state index is 12.6.